The summed E-state index contributed by atoms with van der Waals surface area (Å²) in [4.78, 5) is 25.1. The molecule has 1 aliphatic rings. The van der Waals surface area contributed by atoms with Crippen molar-refractivity contribution < 1.29 is 19.1 Å². The van der Waals surface area contributed by atoms with Gasteiger partial charge in [0.1, 0.15) is 11.6 Å². The van der Waals surface area contributed by atoms with Gasteiger partial charge in [0.2, 0.25) is 0 Å². The van der Waals surface area contributed by atoms with Crippen LogP contribution in [0.25, 0.3) is 0 Å². The van der Waals surface area contributed by atoms with Gasteiger partial charge in [-0.05, 0) is 33.1 Å². The maximum atomic E-state index is 12.1. The van der Waals surface area contributed by atoms with Gasteiger partial charge in [0, 0.05) is 13.0 Å². The summed E-state index contributed by atoms with van der Waals surface area (Å²) in [6, 6.07) is 1.41. The molecule has 1 saturated heterocycles. The van der Waals surface area contributed by atoms with Gasteiger partial charge in [0.05, 0.1) is 13.2 Å². The molecule has 0 aromatic carbocycles. The minimum Gasteiger partial charge on any atom is -0.467 e. The maximum Gasteiger partial charge on any atom is 0.411 e. The maximum absolute atomic E-state index is 12.1. The number of nitriles is 1. The number of likely N-dealkylation sites (tertiary alicyclic amines) is 1. The van der Waals surface area contributed by atoms with Gasteiger partial charge in [-0.15, -0.1) is 0 Å². The zero-order valence-corrected chi connectivity index (χ0v) is 11.8. The molecule has 0 radical (unpaired) electrons. The first-order valence-electron chi connectivity index (χ1n) is 6.23. The van der Waals surface area contributed by atoms with Crippen LogP contribution in [0.2, 0.25) is 0 Å². The first-order chi connectivity index (χ1) is 8.78. The molecule has 0 saturated carbocycles. The van der Waals surface area contributed by atoms with Crippen molar-refractivity contribution in [3.8, 4) is 6.07 Å². The Morgan fingerprint density at radius 2 is 2.05 bits per heavy atom. The summed E-state index contributed by atoms with van der Waals surface area (Å²) < 4.78 is 9.97. The molecule has 2 atom stereocenters. The zero-order valence-electron chi connectivity index (χ0n) is 11.8. The van der Waals surface area contributed by atoms with E-state index in [2.05, 4.69) is 6.07 Å². The molecule has 0 unspecified atom stereocenters. The van der Waals surface area contributed by atoms with Crippen LogP contribution in [0, 0.1) is 17.2 Å². The first-order valence-corrected chi connectivity index (χ1v) is 6.23. The Kier molecular flexibility index (Phi) is 4.76. The molecular formula is C13H20N2O4. The lowest BCUT2D eigenvalue weighted by atomic mass is 10.0. The van der Waals surface area contributed by atoms with E-state index in [1.807, 2.05) is 0 Å². The number of nitrogens with zero attached hydrogens (tertiary/aromatic N) is 2. The number of hydrogen-bond acceptors (Lipinski definition) is 5. The predicted octanol–water partition coefficient (Wildman–Crippen LogP) is 1.70. The van der Waals surface area contributed by atoms with Crippen LogP contribution < -0.4 is 0 Å². The fourth-order valence-electron chi connectivity index (χ4n) is 2.08. The third-order valence-electron chi connectivity index (χ3n) is 2.87. The highest BCUT2D eigenvalue weighted by Gasteiger charge is 2.41. The molecule has 19 heavy (non-hydrogen) atoms. The van der Waals surface area contributed by atoms with Crippen molar-refractivity contribution in [1.82, 2.24) is 4.90 Å². The minimum atomic E-state index is -0.654. The highest BCUT2D eigenvalue weighted by atomic mass is 16.6. The number of esters is 1. The van der Waals surface area contributed by atoms with E-state index in [0.29, 0.717) is 19.4 Å². The average Bonchev–Trinajstić information content (AvgIpc) is 2.70. The Morgan fingerprint density at radius 3 is 2.53 bits per heavy atom. The summed E-state index contributed by atoms with van der Waals surface area (Å²) in [7, 11) is 1.28. The number of carbonyl (C=O) groups excluding carboxylic acids is 2. The van der Waals surface area contributed by atoms with Crippen LogP contribution >= 0.6 is 0 Å². The molecule has 0 aliphatic carbocycles. The molecule has 0 aromatic heterocycles. The molecule has 1 rings (SSSR count). The van der Waals surface area contributed by atoms with E-state index in [0.717, 1.165) is 0 Å². The smallest absolute Gasteiger partial charge is 0.411 e. The third-order valence-corrected chi connectivity index (χ3v) is 2.87. The molecule has 0 N–H and O–H groups in total. The Labute approximate surface area is 113 Å². The van der Waals surface area contributed by atoms with Crippen molar-refractivity contribution in [2.45, 2.75) is 45.3 Å². The van der Waals surface area contributed by atoms with Crippen LogP contribution in [0.5, 0.6) is 0 Å². The molecule has 0 spiro atoms. The Bertz CT molecular complexity index is 394. The van der Waals surface area contributed by atoms with Gasteiger partial charge in [-0.1, -0.05) is 0 Å². The van der Waals surface area contributed by atoms with Crippen LogP contribution in [0.1, 0.15) is 33.6 Å². The van der Waals surface area contributed by atoms with E-state index in [9.17, 15) is 9.59 Å². The van der Waals surface area contributed by atoms with Crippen molar-refractivity contribution in [3.63, 3.8) is 0 Å². The predicted molar refractivity (Wildman–Crippen MR) is 67.1 cm³/mol. The fraction of sp³-hybridized carbons (Fsp3) is 0.769. The number of hydrogen-bond donors (Lipinski definition) is 0. The van der Waals surface area contributed by atoms with Gasteiger partial charge in [0.25, 0.3) is 0 Å². The second kappa shape index (κ2) is 5.91. The van der Waals surface area contributed by atoms with Crippen LogP contribution in [-0.4, -0.2) is 42.3 Å². The Balaban J connectivity index is 2.80. The molecule has 1 heterocycles. The van der Waals surface area contributed by atoms with E-state index >= 15 is 0 Å². The summed E-state index contributed by atoms with van der Waals surface area (Å²) in [6.07, 6.45) is 0.218. The monoisotopic (exact) mass is 268 g/mol. The molecule has 1 fully saturated rings. The molecule has 6 nitrogen and oxygen atoms in total. The fourth-order valence-corrected chi connectivity index (χ4v) is 2.08. The van der Waals surface area contributed by atoms with Crippen LogP contribution in [0.4, 0.5) is 4.79 Å². The van der Waals surface area contributed by atoms with Gasteiger partial charge in [-0.2, -0.15) is 5.26 Å². The third kappa shape index (κ3) is 4.12. The lowest BCUT2D eigenvalue weighted by Gasteiger charge is -2.27. The van der Waals surface area contributed by atoms with Crippen molar-refractivity contribution in [1.29, 1.82) is 5.26 Å². The van der Waals surface area contributed by atoms with E-state index in [-0.39, 0.29) is 5.92 Å². The highest BCUT2D eigenvalue weighted by molar-refractivity contribution is 5.82. The molecule has 0 aromatic rings. The second-order valence-corrected chi connectivity index (χ2v) is 5.64. The van der Waals surface area contributed by atoms with E-state index in [4.69, 9.17) is 14.7 Å². The number of rotatable bonds is 2. The molecular weight excluding hydrogens is 248 g/mol. The minimum absolute atomic E-state index is 0.0124. The van der Waals surface area contributed by atoms with E-state index in [1.54, 1.807) is 20.8 Å². The average molecular weight is 268 g/mol. The Hall–Kier alpha value is -1.77. The molecule has 6 heteroatoms. The topological polar surface area (TPSA) is 79.6 Å². The van der Waals surface area contributed by atoms with Crippen LogP contribution in [0.15, 0.2) is 0 Å². The largest absolute Gasteiger partial charge is 0.467 e. The standard InChI is InChI=1S/C13H20N2O4/c1-13(2,3)19-12(17)15-8-9(5-6-14)7-10(15)11(16)18-4/h9-10H,5,7-8H2,1-4H3/t9-,10-/m0/s1. The lowest BCUT2D eigenvalue weighted by molar-refractivity contribution is -0.145. The molecule has 0 bridgehead atoms. The van der Waals surface area contributed by atoms with Crippen molar-refractivity contribution in [2.24, 2.45) is 5.92 Å². The number of amides is 1. The van der Waals surface area contributed by atoms with E-state index < -0.39 is 23.7 Å². The van der Waals surface area contributed by atoms with Gasteiger partial charge in [0.15, 0.2) is 0 Å². The summed E-state index contributed by atoms with van der Waals surface area (Å²) in [6.45, 7) is 5.64. The van der Waals surface area contributed by atoms with Gasteiger partial charge < -0.3 is 9.47 Å². The number of methoxy groups -OCH3 is 1. The normalized spacial score (nSPS) is 22.8. The SMILES string of the molecule is COC(=O)[C@@H]1C[C@H](CC#N)CN1C(=O)OC(C)(C)C. The number of ether oxygens (including phenoxy) is 2. The Morgan fingerprint density at radius 1 is 1.42 bits per heavy atom. The van der Waals surface area contributed by atoms with Gasteiger partial charge in [-0.3, -0.25) is 4.90 Å². The summed E-state index contributed by atoms with van der Waals surface area (Å²) in [5.74, 6) is -0.479. The first kappa shape index (κ1) is 15.3. The van der Waals surface area contributed by atoms with Crippen LogP contribution in [-0.2, 0) is 14.3 Å². The van der Waals surface area contributed by atoms with Crippen molar-refractivity contribution in [2.75, 3.05) is 13.7 Å². The summed E-state index contributed by atoms with van der Waals surface area (Å²) >= 11 is 0. The molecule has 106 valence electrons. The number of carbonyl (C=O) groups is 2. The van der Waals surface area contributed by atoms with Crippen molar-refractivity contribution >= 4 is 12.1 Å². The zero-order chi connectivity index (χ0) is 14.6. The van der Waals surface area contributed by atoms with Gasteiger partial charge in [-0.25, -0.2) is 9.59 Å². The molecule has 1 amide bonds. The van der Waals surface area contributed by atoms with E-state index in [1.165, 1.54) is 12.0 Å². The lowest BCUT2D eigenvalue weighted by Crippen LogP contribution is -2.43. The van der Waals surface area contributed by atoms with Crippen molar-refractivity contribution in [3.05, 3.63) is 0 Å². The summed E-state index contributed by atoms with van der Waals surface area (Å²) in [5.41, 5.74) is -0.620. The van der Waals surface area contributed by atoms with Crippen LogP contribution in [0.3, 0.4) is 0 Å². The summed E-state index contributed by atoms with van der Waals surface area (Å²) in [5, 5.41) is 8.72. The highest BCUT2D eigenvalue weighted by Crippen LogP contribution is 2.28. The second-order valence-electron chi connectivity index (χ2n) is 5.64. The quantitative estimate of drug-likeness (QED) is 0.712. The molecule has 1 aliphatic heterocycles. The van der Waals surface area contributed by atoms with Gasteiger partial charge >= 0.3 is 12.1 Å².